The lowest BCUT2D eigenvalue weighted by Crippen LogP contribution is -2.03. The van der Waals surface area contributed by atoms with Crippen LogP contribution < -0.4 is 0 Å². The van der Waals surface area contributed by atoms with Crippen LogP contribution in [0, 0.1) is 5.92 Å². The van der Waals surface area contributed by atoms with E-state index in [4.69, 9.17) is 0 Å². The molecule has 1 fully saturated rings. The molecule has 0 atom stereocenters. The predicted octanol–water partition coefficient (Wildman–Crippen LogP) is 6.90. The number of carbonyl (C=O) groups excluding carboxylic acids is 2. The third-order valence-electron chi connectivity index (χ3n) is 7.15. The summed E-state index contributed by atoms with van der Waals surface area (Å²) < 4.78 is 2.23. The number of aromatic nitrogens is 1. The van der Waals surface area contributed by atoms with Crippen LogP contribution in [0.25, 0.3) is 21.8 Å². The Morgan fingerprint density at radius 2 is 1.42 bits per heavy atom. The maximum absolute atomic E-state index is 13.1. The molecule has 0 bridgehead atoms. The maximum atomic E-state index is 13.1. The van der Waals surface area contributed by atoms with Gasteiger partial charge in [0.2, 0.25) is 0 Å². The number of phenols is 1. The van der Waals surface area contributed by atoms with E-state index in [9.17, 15) is 14.7 Å². The van der Waals surface area contributed by atoms with Crippen LogP contribution in [0.4, 0.5) is 0 Å². The largest absolute Gasteiger partial charge is 0.508 e. The predicted molar refractivity (Wildman–Crippen MR) is 132 cm³/mol. The van der Waals surface area contributed by atoms with Crippen molar-refractivity contribution < 1.29 is 14.7 Å². The molecule has 1 saturated carbocycles. The van der Waals surface area contributed by atoms with E-state index in [1.165, 1.54) is 37.8 Å². The summed E-state index contributed by atoms with van der Waals surface area (Å²) in [6.07, 6.45) is 6.70. The van der Waals surface area contributed by atoms with Gasteiger partial charge < -0.3 is 9.67 Å². The van der Waals surface area contributed by atoms with Crippen LogP contribution in [-0.4, -0.2) is 21.2 Å². The number of Topliss-reactive ketones (excluding diaryl/α,β-unsaturated/α-hetero) is 1. The number of carbonyl (C=O) groups is 2. The molecular formula is C29H29NO3. The zero-order chi connectivity index (χ0) is 22.9. The molecule has 4 heteroatoms. The molecule has 168 valence electrons. The van der Waals surface area contributed by atoms with Gasteiger partial charge in [0, 0.05) is 51.5 Å². The third kappa shape index (κ3) is 4.06. The van der Waals surface area contributed by atoms with Crippen LogP contribution in [0.1, 0.15) is 71.7 Å². The summed E-state index contributed by atoms with van der Waals surface area (Å²) in [5.74, 6) is 0.960. The SMILES string of the molecule is CCn1c2ccc(C(=O)CCC3CCCC3)cc2c2cc(C(=O)c3ccc(O)cc3)ccc21. The fourth-order valence-electron chi connectivity index (χ4n) is 5.32. The van der Waals surface area contributed by atoms with Crippen LogP contribution >= 0.6 is 0 Å². The van der Waals surface area contributed by atoms with E-state index in [0.717, 1.165) is 40.3 Å². The van der Waals surface area contributed by atoms with Gasteiger partial charge in [-0.3, -0.25) is 9.59 Å². The fourth-order valence-corrected chi connectivity index (χ4v) is 5.32. The van der Waals surface area contributed by atoms with Crippen molar-refractivity contribution in [2.24, 2.45) is 5.92 Å². The number of ketones is 2. The maximum Gasteiger partial charge on any atom is 0.193 e. The molecule has 0 aliphatic heterocycles. The molecule has 4 nitrogen and oxygen atoms in total. The molecule has 4 aromatic rings. The summed E-state index contributed by atoms with van der Waals surface area (Å²) >= 11 is 0. The van der Waals surface area contributed by atoms with E-state index >= 15 is 0 Å². The monoisotopic (exact) mass is 439 g/mol. The molecular weight excluding hydrogens is 410 g/mol. The Kier molecular flexibility index (Phi) is 5.76. The zero-order valence-corrected chi connectivity index (χ0v) is 19.0. The number of hydrogen-bond acceptors (Lipinski definition) is 3. The van der Waals surface area contributed by atoms with E-state index in [0.29, 0.717) is 23.5 Å². The second-order valence-corrected chi connectivity index (χ2v) is 9.20. The Balaban J connectivity index is 1.52. The summed E-state index contributed by atoms with van der Waals surface area (Å²) in [5.41, 5.74) is 4.03. The van der Waals surface area contributed by atoms with Crippen LogP contribution in [0.3, 0.4) is 0 Å². The van der Waals surface area contributed by atoms with Gasteiger partial charge in [-0.1, -0.05) is 25.7 Å². The molecule has 1 N–H and O–H groups in total. The number of benzene rings is 3. The lowest BCUT2D eigenvalue weighted by Gasteiger charge is -2.08. The average molecular weight is 440 g/mol. The second-order valence-electron chi connectivity index (χ2n) is 9.20. The van der Waals surface area contributed by atoms with Gasteiger partial charge in [-0.05, 0) is 79.9 Å². The van der Waals surface area contributed by atoms with Gasteiger partial charge in [-0.25, -0.2) is 0 Å². The Labute approximate surface area is 193 Å². The first-order valence-electron chi connectivity index (χ1n) is 12.0. The summed E-state index contributed by atoms with van der Waals surface area (Å²) in [4.78, 5) is 26.0. The number of aromatic hydroxyl groups is 1. The molecule has 0 saturated heterocycles. The fraction of sp³-hybridized carbons (Fsp3) is 0.310. The first-order chi connectivity index (χ1) is 16.0. The second kappa shape index (κ2) is 8.86. The van der Waals surface area contributed by atoms with Crippen LogP contribution in [0.2, 0.25) is 0 Å². The molecule has 1 aliphatic rings. The quantitative estimate of drug-likeness (QED) is 0.319. The van der Waals surface area contributed by atoms with Gasteiger partial charge in [0.25, 0.3) is 0 Å². The van der Waals surface area contributed by atoms with Crippen molar-refractivity contribution in [2.75, 3.05) is 0 Å². The van der Waals surface area contributed by atoms with E-state index < -0.39 is 0 Å². The molecule has 3 aromatic carbocycles. The molecule has 5 rings (SSSR count). The first kappa shape index (κ1) is 21.4. The lowest BCUT2D eigenvalue weighted by atomic mass is 9.96. The van der Waals surface area contributed by atoms with Crippen LogP contribution in [0.15, 0.2) is 60.7 Å². The Bertz CT molecular complexity index is 1340. The molecule has 1 aliphatic carbocycles. The molecule has 33 heavy (non-hydrogen) atoms. The minimum atomic E-state index is -0.0851. The van der Waals surface area contributed by atoms with Crippen molar-refractivity contribution in [2.45, 2.75) is 52.0 Å². The number of phenolic OH excluding ortho intramolecular Hbond substituents is 1. The number of fused-ring (bicyclic) bond motifs is 3. The Morgan fingerprint density at radius 3 is 2.06 bits per heavy atom. The van der Waals surface area contributed by atoms with Crippen molar-refractivity contribution in [3.63, 3.8) is 0 Å². The minimum Gasteiger partial charge on any atom is -0.508 e. The molecule has 0 spiro atoms. The first-order valence-corrected chi connectivity index (χ1v) is 12.0. The van der Waals surface area contributed by atoms with E-state index in [1.807, 2.05) is 36.4 Å². The highest BCUT2D eigenvalue weighted by molar-refractivity contribution is 6.15. The molecule has 1 heterocycles. The number of aryl methyl sites for hydroxylation is 1. The smallest absolute Gasteiger partial charge is 0.193 e. The Hall–Kier alpha value is -3.40. The van der Waals surface area contributed by atoms with Gasteiger partial charge in [0.05, 0.1) is 0 Å². The van der Waals surface area contributed by atoms with Gasteiger partial charge in [0.1, 0.15) is 5.75 Å². The average Bonchev–Trinajstić information content (AvgIpc) is 3.47. The topological polar surface area (TPSA) is 59.3 Å². The van der Waals surface area contributed by atoms with Crippen LogP contribution in [-0.2, 0) is 6.54 Å². The highest BCUT2D eigenvalue weighted by Gasteiger charge is 2.19. The normalized spacial score (nSPS) is 14.3. The van der Waals surface area contributed by atoms with E-state index in [2.05, 4.69) is 11.5 Å². The molecule has 0 unspecified atom stereocenters. The van der Waals surface area contributed by atoms with Crippen molar-refractivity contribution in [1.29, 1.82) is 0 Å². The summed E-state index contributed by atoms with van der Waals surface area (Å²) in [6, 6.07) is 18.1. The van der Waals surface area contributed by atoms with Crippen molar-refractivity contribution in [3.8, 4) is 5.75 Å². The molecule has 0 radical (unpaired) electrons. The highest BCUT2D eigenvalue weighted by Crippen LogP contribution is 2.33. The van der Waals surface area contributed by atoms with E-state index in [1.54, 1.807) is 12.1 Å². The number of hydrogen-bond donors (Lipinski definition) is 1. The molecule has 1 aromatic heterocycles. The van der Waals surface area contributed by atoms with Gasteiger partial charge in [0.15, 0.2) is 11.6 Å². The van der Waals surface area contributed by atoms with Crippen molar-refractivity contribution in [3.05, 3.63) is 77.4 Å². The van der Waals surface area contributed by atoms with Crippen molar-refractivity contribution >= 4 is 33.4 Å². The van der Waals surface area contributed by atoms with Gasteiger partial charge in [-0.2, -0.15) is 0 Å². The minimum absolute atomic E-state index is 0.0851. The highest BCUT2D eigenvalue weighted by atomic mass is 16.3. The van der Waals surface area contributed by atoms with Crippen molar-refractivity contribution in [1.82, 2.24) is 4.57 Å². The van der Waals surface area contributed by atoms with Gasteiger partial charge >= 0.3 is 0 Å². The van der Waals surface area contributed by atoms with Crippen LogP contribution in [0.5, 0.6) is 5.75 Å². The van der Waals surface area contributed by atoms with Gasteiger partial charge in [-0.15, -0.1) is 0 Å². The third-order valence-corrected chi connectivity index (χ3v) is 7.15. The number of rotatable bonds is 7. The summed E-state index contributed by atoms with van der Waals surface area (Å²) in [5, 5.41) is 11.5. The Morgan fingerprint density at radius 1 is 0.848 bits per heavy atom. The number of nitrogens with zero attached hydrogens (tertiary/aromatic N) is 1. The summed E-state index contributed by atoms with van der Waals surface area (Å²) in [7, 11) is 0. The summed E-state index contributed by atoms with van der Waals surface area (Å²) in [6.45, 7) is 2.91. The standard InChI is InChI=1S/C29H29NO3/c1-2-30-26-14-10-21(28(32)16-7-19-5-3-4-6-19)17-24(26)25-18-22(11-15-27(25)30)29(33)20-8-12-23(31)13-9-20/h8-15,17-19,31H,2-7,16H2,1H3. The van der Waals surface area contributed by atoms with E-state index in [-0.39, 0.29) is 17.3 Å². The lowest BCUT2D eigenvalue weighted by molar-refractivity contribution is 0.0973. The molecule has 0 amide bonds. The zero-order valence-electron chi connectivity index (χ0n) is 19.0.